The maximum absolute atomic E-state index is 6.23. The SMILES string of the molecule is Br[C@]12[C@@H]3[C@@H]4[C@H]1[C@H]1[C@@H]([C@H]3[C@]4(Br)C13OCCO3)C21OCCO1. The third-order valence-corrected chi connectivity index (χ3v) is 10.9. The fourth-order valence-electron chi connectivity index (χ4n) is 7.71. The molecule has 0 unspecified atom stereocenters. The Bertz CT molecular complexity index is 522. The van der Waals surface area contributed by atoms with Crippen molar-refractivity contribution in [2.45, 2.75) is 20.2 Å². The third kappa shape index (κ3) is 0.636. The summed E-state index contributed by atoms with van der Waals surface area (Å²) in [7, 11) is 0. The predicted octanol–water partition coefficient (Wildman–Crippen LogP) is 1.51. The first-order chi connectivity index (χ1) is 9.65. The van der Waals surface area contributed by atoms with Gasteiger partial charge in [0.1, 0.15) is 0 Å². The molecule has 4 nitrogen and oxygen atoms in total. The van der Waals surface area contributed by atoms with Crippen molar-refractivity contribution < 1.29 is 18.9 Å². The maximum atomic E-state index is 6.23. The molecule has 0 N–H and O–H groups in total. The molecule has 0 aromatic heterocycles. The van der Waals surface area contributed by atoms with Crippen LogP contribution < -0.4 is 0 Å². The molecular formula is C14H14Br2O4. The van der Waals surface area contributed by atoms with E-state index in [1.165, 1.54) is 0 Å². The van der Waals surface area contributed by atoms with Gasteiger partial charge in [-0.15, -0.1) is 0 Å². The minimum atomic E-state index is -0.414. The molecule has 20 heavy (non-hydrogen) atoms. The first-order valence-electron chi connectivity index (χ1n) is 7.58. The molecular weight excluding hydrogens is 392 g/mol. The van der Waals surface area contributed by atoms with Crippen molar-refractivity contribution in [2.75, 3.05) is 26.4 Å². The summed E-state index contributed by atoms with van der Waals surface area (Å²) in [6.07, 6.45) is 0. The van der Waals surface area contributed by atoms with Crippen LogP contribution in [-0.4, -0.2) is 46.7 Å². The van der Waals surface area contributed by atoms with Crippen molar-refractivity contribution >= 4 is 31.9 Å². The second-order valence-electron chi connectivity index (χ2n) is 7.42. The molecule has 6 saturated carbocycles. The van der Waals surface area contributed by atoms with Crippen molar-refractivity contribution in [1.29, 1.82) is 0 Å². The molecule has 6 aliphatic carbocycles. The van der Waals surface area contributed by atoms with E-state index >= 15 is 0 Å². The number of alkyl halides is 2. The quantitative estimate of drug-likeness (QED) is 0.572. The molecule has 6 heteroatoms. The van der Waals surface area contributed by atoms with Crippen LogP contribution >= 0.6 is 31.9 Å². The lowest BCUT2D eigenvalue weighted by molar-refractivity contribution is -0.229. The van der Waals surface area contributed by atoms with Crippen LogP contribution in [0.5, 0.6) is 0 Å². The highest BCUT2D eigenvalue weighted by Crippen LogP contribution is 2.99. The monoisotopic (exact) mass is 404 g/mol. The van der Waals surface area contributed by atoms with E-state index in [2.05, 4.69) is 31.9 Å². The molecule has 8 fully saturated rings. The highest BCUT2D eigenvalue weighted by molar-refractivity contribution is 9.10. The zero-order valence-electron chi connectivity index (χ0n) is 10.7. The Balaban J connectivity index is 1.53. The number of rotatable bonds is 0. The minimum Gasteiger partial charge on any atom is -0.346 e. The predicted molar refractivity (Wildman–Crippen MR) is 73.5 cm³/mol. The van der Waals surface area contributed by atoms with Gasteiger partial charge in [-0.1, -0.05) is 31.9 Å². The van der Waals surface area contributed by atoms with Crippen LogP contribution in [0, 0.1) is 35.5 Å². The number of hydrogen-bond acceptors (Lipinski definition) is 4. The lowest BCUT2D eigenvalue weighted by atomic mass is 9.40. The molecule has 0 amide bonds. The van der Waals surface area contributed by atoms with Gasteiger partial charge in [-0.05, 0) is 23.7 Å². The Morgan fingerprint density at radius 2 is 0.850 bits per heavy atom. The van der Waals surface area contributed by atoms with Gasteiger partial charge in [0.2, 0.25) is 0 Å². The molecule has 8 aliphatic rings. The lowest BCUT2D eigenvalue weighted by Crippen LogP contribution is -2.76. The summed E-state index contributed by atoms with van der Waals surface area (Å²) in [5.41, 5.74) is 0. The van der Waals surface area contributed by atoms with E-state index in [0.29, 0.717) is 35.5 Å². The highest BCUT2D eigenvalue weighted by atomic mass is 79.9. The molecule has 108 valence electrons. The van der Waals surface area contributed by atoms with Crippen LogP contribution in [0.15, 0.2) is 0 Å². The molecule has 2 spiro atoms. The summed E-state index contributed by atoms with van der Waals surface area (Å²) in [6, 6.07) is 0. The summed E-state index contributed by atoms with van der Waals surface area (Å²) in [5.74, 6) is 2.47. The van der Waals surface area contributed by atoms with Crippen molar-refractivity contribution in [1.82, 2.24) is 0 Å². The molecule has 8 rings (SSSR count). The van der Waals surface area contributed by atoms with E-state index in [-0.39, 0.29) is 8.65 Å². The molecule has 0 aromatic rings. The van der Waals surface area contributed by atoms with Gasteiger partial charge in [0.15, 0.2) is 11.6 Å². The largest absolute Gasteiger partial charge is 0.346 e. The Kier molecular flexibility index (Phi) is 1.54. The van der Waals surface area contributed by atoms with Crippen LogP contribution in [0.1, 0.15) is 0 Å². The van der Waals surface area contributed by atoms with E-state index in [9.17, 15) is 0 Å². The lowest BCUT2D eigenvalue weighted by Gasteiger charge is -2.70. The second kappa shape index (κ2) is 2.71. The summed E-state index contributed by atoms with van der Waals surface area (Å²) >= 11 is 8.19. The van der Waals surface area contributed by atoms with E-state index in [0.717, 1.165) is 26.4 Å². The molecule has 2 aliphatic heterocycles. The van der Waals surface area contributed by atoms with Gasteiger partial charge in [0.05, 0.1) is 35.1 Å². The molecule has 4 bridgehead atoms. The first kappa shape index (κ1) is 11.4. The van der Waals surface area contributed by atoms with Crippen molar-refractivity contribution in [3.63, 3.8) is 0 Å². The van der Waals surface area contributed by atoms with Gasteiger partial charge in [-0.2, -0.15) is 0 Å². The molecule has 8 atom stereocenters. The summed E-state index contributed by atoms with van der Waals surface area (Å²) in [6.45, 7) is 2.88. The zero-order chi connectivity index (χ0) is 13.1. The standard InChI is InChI=1S/C14H14Br2O4/c15-11-5-6-8(11)10-9(13(11)17-1-2-18-13)7(5)12(6,16)14(10)19-3-4-20-14/h5-10H,1-4H2/t5-,6-,7+,8+,9-,10+,11-,12+/m1/s1. The Morgan fingerprint density at radius 1 is 0.550 bits per heavy atom. The van der Waals surface area contributed by atoms with Crippen LogP contribution in [0.4, 0.5) is 0 Å². The summed E-state index contributed by atoms with van der Waals surface area (Å²) in [4.78, 5) is 0. The van der Waals surface area contributed by atoms with Crippen molar-refractivity contribution in [2.24, 2.45) is 35.5 Å². The van der Waals surface area contributed by atoms with Crippen LogP contribution in [-0.2, 0) is 18.9 Å². The molecule has 0 aromatic carbocycles. The average Bonchev–Trinajstić information content (AvgIpc) is 3.19. The normalized spacial score (nSPS) is 71.1. The fraction of sp³-hybridized carbons (Fsp3) is 1.00. The Morgan fingerprint density at radius 3 is 1.20 bits per heavy atom. The molecule has 2 saturated heterocycles. The highest BCUT2D eigenvalue weighted by Gasteiger charge is 3.08. The second-order valence-corrected chi connectivity index (χ2v) is 10.0. The van der Waals surface area contributed by atoms with Gasteiger partial charge < -0.3 is 18.9 Å². The maximum Gasteiger partial charge on any atom is 0.188 e. The van der Waals surface area contributed by atoms with Gasteiger partial charge in [-0.3, -0.25) is 0 Å². The molecule has 0 radical (unpaired) electrons. The Labute approximate surface area is 133 Å². The fourth-order valence-corrected chi connectivity index (χ4v) is 11.0. The summed E-state index contributed by atoms with van der Waals surface area (Å²) in [5, 5.41) is 0. The topological polar surface area (TPSA) is 36.9 Å². The van der Waals surface area contributed by atoms with E-state index in [1.54, 1.807) is 0 Å². The smallest absolute Gasteiger partial charge is 0.188 e. The van der Waals surface area contributed by atoms with Crippen molar-refractivity contribution in [3.05, 3.63) is 0 Å². The first-order valence-corrected chi connectivity index (χ1v) is 9.17. The average molecular weight is 406 g/mol. The van der Waals surface area contributed by atoms with E-state index in [1.807, 2.05) is 0 Å². The number of ether oxygens (including phenoxy) is 4. The molecule has 2 heterocycles. The van der Waals surface area contributed by atoms with Crippen molar-refractivity contribution in [3.8, 4) is 0 Å². The Hall–Kier alpha value is 0.800. The number of halogens is 2. The van der Waals surface area contributed by atoms with E-state index in [4.69, 9.17) is 18.9 Å². The third-order valence-electron chi connectivity index (χ3n) is 7.64. The van der Waals surface area contributed by atoms with Gasteiger partial charge in [-0.25, -0.2) is 0 Å². The van der Waals surface area contributed by atoms with Gasteiger partial charge in [0.25, 0.3) is 0 Å². The minimum absolute atomic E-state index is 0.0112. The van der Waals surface area contributed by atoms with Crippen LogP contribution in [0.25, 0.3) is 0 Å². The zero-order valence-corrected chi connectivity index (χ0v) is 13.9. The number of hydrogen-bond donors (Lipinski definition) is 0. The summed E-state index contributed by atoms with van der Waals surface area (Å²) < 4.78 is 25.0. The van der Waals surface area contributed by atoms with Gasteiger partial charge >= 0.3 is 0 Å². The van der Waals surface area contributed by atoms with Gasteiger partial charge in [0, 0.05) is 11.8 Å². The van der Waals surface area contributed by atoms with E-state index < -0.39 is 11.6 Å². The van der Waals surface area contributed by atoms with Crippen LogP contribution in [0.3, 0.4) is 0 Å². The van der Waals surface area contributed by atoms with Crippen LogP contribution in [0.2, 0.25) is 0 Å².